The van der Waals surface area contributed by atoms with Crippen molar-refractivity contribution in [3.05, 3.63) is 53.1 Å². The zero-order valence-electron chi connectivity index (χ0n) is 19.5. The summed E-state index contributed by atoms with van der Waals surface area (Å²) in [6.07, 6.45) is 2.09. The van der Waals surface area contributed by atoms with E-state index in [1.165, 1.54) is 11.3 Å². The lowest BCUT2D eigenvalue weighted by Gasteiger charge is -2.23. The Morgan fingerprint density at radius 1 is 1.21 bits per heavy atom. The third kappa shape index (κ3) is 5.13. The fourth-order valence-corrected chi connectivity index (χ4v) is 6.20. The van der Waals surface area contributed by atoms with E-state index in [0.29, 0.717) is 11.7 Å². The van der Waals surface area contributed by atoms with E-state index >= 15 is 0 Å². The third-order valence-electron chi connectivity index (χ3n) is 5.98. The highest BCUT2D eigenvalue weighted by molar-refractivity contribution is 7.92. The summed E-state index contributed by atoms with van der Waals surface area (Å²) < 4.78 is 31.7. The zero-order chi connectivity index (χ0) is 23.8. The summed E-state index contributed by atoms with van der Waals surface area (Å²) in [7, 11) is -3.34. The van der Waals surface area contributed by atoms with Gasteiger partial charge in [0.2, 0.25) is 5.91 Å². The predicted molar refractivity (Wildman–Crippen MR) is 133 cm³/mol. The number of thiazole rings is 1. The second-order valence-corrected chi connectivity index (χ2v) is 12.5. The molecule has 1 atom stereocenters. The Hall–Kier alpha value is -2.29. The van der Waals surface area contributed by atoms with E-state index in [1.807, 2.05) is 13.0 Å². The number of carbonyl (C=O) groups is 1. The van der Waals surface area contributed by atoms with Gasteiger partial charge in [-0.05, 0) is 75.4 Å². The molecule has 0 bridgehead atoms. The van der Waals surface area contributed by atoms with E-state index in [2.05, 4.69) is 13.0 Å². The molecule has 0 saturated carbocycles. The molecule has 8 heteroatoms. The topological polar surface area (TPSA) is 76.6 Å². The van der Waals surface area contributed by atoms with E-state index in [-0.39, 0.29) is 23.3 Å². The highest BCUT2D eigenvalue weighted by Crippen LogP contribution is 2.33. The molecule has 0 N–H and O–H groups in total. The number of hydrogen-bond donors (Lipinski definition) is 0. The van der Waals surface area contributed by atoms with Gasteiger partial charge < -0.3 is 4.74 Å². The monoisotopic (exact) mass is 486 g/mol. The summed E-state index contributed by atoms with van der Waals surface area (Å²) in [5.41, 5.74) is 3.97. The second kappa shape index (κ2) is 9.52. The molecular formula is C25H30N2O4S2. The number of benzene rings is 2. The number of aryl methyl sites for hydroxylation is 2. The smallest absolute Gasteiger partial charge is 0.233 e. The van der Waals surface area contributed by atoms with E-state index in [0.717, 1.165) is 46.4 Å². The van der Waals surface area contributed by atoms with Gasteiger partial charge in [-0.15, -0.1) is 0 Å². The lowest BCUT2D eigenvalue weighted by atomic mass is 10.1. The average Bonchev–Trinajstić information content (AvgIpc) is 3.42. The van der Waals surface area contributed by atoms with Crippen molar-refractivity contribution in [2.45, 2.75) is 63.2 Å². The number of anilines is 1. The van der Waals surface area contributed by atoms with Crippen LogP contribution in [-0.2, 0) is 25.8 Å². The number of aromatic nitrogens is 1. The number of rotatable bonds is 7. The van der Waals surface area contributed by atoms with Gasteiger partial charge in [-0.1, -0.05) is 29.5 Å². The number of sulfone groups is 1. The molecule has 1 aliphatic heterocycles. The molecule has 6 nitrogen and oxygen atoms in total. The second-order valence-electron chi connectivity index (χ2n) is 8.98. The van der Waals surface area contributed by atoms with Crippen LogP contribution in [0.4, 0.5) is 5.13 Å². The molecule has 0 spiro atoms. The van der Waals surface area contributed by atoms with Gasteiger partial charge >= 0.3 is 0 Å². The number of ether oxygens (including phenoxy) is 1. The van der Waals surface area contributed by atoms with Gasteiger partial charge in [0, 0.05) is 6.61 Å². The molecule has 1 amide bonds. The standard InChI is InChI=1S/C25H30N2O4S2/c1-16(2)33(29,30)21-9-7-19(8-10-21)14-23(28)27(15-20-6-5-11-31-20)25-26-22-13-17(3)12-18(4)24(22)32-25/h7-10,12-13,16,20H,5-6,11,14-15H2,1-4H3. The van der Waals surface area contributed by atoms with Crippen LogP contribution in [0.25, 0.3) is 10.2 Å². The Bertz CT molecular complexity index is 1260. The van der Waals surface area contributed by atoms with Crippen molar-refractivity contribution in [2.75, 3.05) is 18.1 Å². The van der Waals surface area contributed by atoms with Gasteiger partial charge in [0.1, 0.15) is 0 Å². The van der Waals surface area contributed by atoms with Gasteiger partial charge in [0.25, 0.3) is 0 Å². The molecule has 2 aromatic carbocycles. The minimum absolute atomic E-state index is 0.00218. The van der Waals surface area contributed by atoms with Crippen LogP contribution in [0, 0.1) is 13.8 Å². The summed E-state index contributed by atoms with van der Waals surface area (Å²) >= 11 is 1.53. The third-order valence-corrected chi connectivity index (χ3v) is 9.38. The van der Waals surface area contributed by atoms with Crippen LogP contribution < -0.4 is 4.90 Å². The van der Waals surface area contributed by atoms with E-state index < -0.39 is 15.1 Å². The SMILES string of the molecule is Cc1cc(C)c2sc(N(CC3CCCO3)C(=O)Cc3ccc(S(=O)(=O)C(C)C)cc3)nc2c1. The van der Waals surface area contributed by atoms with Crippen LogP contribution >= 0.6 is 11.3 Å². The van der Waals surface area contributed by atoms with Crippen molar-refractivity contribution in [1.82, 2.24) is 4.98 Å². The van der Waals surface area contributed by atoms with Gasteiger partial charge in [-0.2, -0.15) is 0 Å². The molecule has 1 aromatic heterocycles. The normalized spacial score (nSPS) is 16.6. The van der Waals surface area contributed by atoms with Gasteiger partial charge in [-0.3, -0.25) is 9.69 Å². The van der Waals surface area contributed by atoms with Crippen LogP contribution in [0.15, 0.2) is 41.3 Å². The Kier molecular flexibility index (Phi) is 6.88. The van der Waals surface area contributed by atoms with Crippen LogP contribution in [0.5, 0.6) is 0 Å². The highest BCUT2D eigenvalue weighted by atomic mass is 32.2. The number of carbonyl (C=O) groups excluding carboxylic acids is 1. The predicted octanol–water partition coefficient (Wildman–Crippen LogP) is 4.85. The lowest BCUT2D eigenvalue weighted by Crippen LogP contribution is -2.38. The van der Waals surface area contributed by atoms with Crippen molar-refractivity contribution in [1.29, 1.82) is 0 Å². The first-order valence-corrected chi connectivity index (χ1v) is 13.6. The van der Waals surface area contributed by atoms with Gasteiger partial charge in [0.05, 0.1) is 39.4 Å². The molecule has 1 aliphatic rings. The highest BCUT2D eigenvalue weighted by Gasteiger charge is 2.27. The molecular weight excluding hydrogens is 456 g/mol. The Labute approximate surface area is 199 Å². The number of amides is 1. The Morgan fingerprint density at radius 2 is 1.94 bits per heavy atom. The summed E-state index contributed by atoms with van der Waals surface area (Å²) in [6.45, 7) is 8.63. The average molecular weight is 487 g/mol. The molecule has 3 aromatic rings. The maximum Gasteiger partial charge on any atom is 0.233 e. The fourth-order valence-electron chi connectivity index (χ4n) is 4.10. The van der Waals surface area contributed by atoms with E-state index in [9.17, 15) is 13.2 Å². The van der Waals surface area contributed by atoms with Crippen molar-refractivity contribution in [2.24, 2.45) is 0 Å². The largest absolute Gasteiger partial charge is 0.376 e. The quantitative estimate of drug-likeness (QED) is 0.477. The van der Waals surface area contributed by atoms with Crippen molar-refractivity contribution in [3.8, 4) is 0 Å². The molecule has 4 rings (SSSR count). The molecule has 0 aliphatic carbocycles. The summed E-state index contributed by atoms with van der Waals surface area (Å²) in [4.78, 5) is 20.3. The maximum atomic E-state index is 13.4. The minimum atomic E-state index is -3.34. The molecule has 1 unspecified atom stereocenters. The first-order chi connectivity index (χ1) is 15.6. The van der Waals surface area contributed by atoms with Crippen LogP contribution in [0.1, 0.15) is 43.4 Å². The van der Waals surface area contributed by atoms with Crippen LogP contribution in [0.2, 0.25) is 0 Å². The summed E-state index contributed by atoms with van der Waals surface area (Å²) in [5.74, 6) is -0.0709. The molecule has 1 saturated heterocycles. The summed E-state index contributed by atoms with van der Waals surface area (Å²) in [6, 6.07) is 10.8. The summed E-state index contributed by atoms with van der Waals surface area (Å²) in [5, 5.41) is 0.191. The number of hydrogen-bond acceptors (Lipinski definition) is 6. The Morgan fingerprint density at radius 3 is 2.58 bits per heavy atom. The maximum absolute atomic E-state index is 13.4. The van der Waals surface area contributed by atoms with Crippen molar-refractivity contribution < 1.29 is 17.9 Å². The van der Waals surface area contributed by atoms with Crippen molar-refractivity contribution >= 4 is 42.4 Å². The van der Waals surface area contributed by atoms with Crippen LogP contribution in [0.3, 0.4) is 0 Å². The zero-order valence-corrected chi connectivity index (χ0v) is 21.1. The fraction of sp³-hybridized carbons (Fsp3) is 0.440. The minimum Gasteiger partial charge on any atom is -0.376 e. The first kappa shape index (κ1) is 23.9. The molecule has 176 valence electrons. The van der Waals surface area contributed by atoms with E-state index in [4.69, 9.17) is 9.72 Å². The molecule has 33 heavy (non-hydrogen) atoms. The van der Waals surface area contributed by atoms with Gasteiger partial charge in [-0.25, -0.2) is 13.4 Å². The Balaban J connectivity index is 1.61. The van der Waals surface area contributed by atoms with Gasteiger partial charge in [0.15, 0.2) is 15.0 Å². The van der Waals surface area contributed by atoms with E-state index in [1.54, 1.807) is 43.0 Å². The lowest BCUT2D eigenvalue weighted by molar-refractivity contribution is -0.118. The molecule has 1 fully saturated rings. The molecule has 0 radical (unpaired) electrons. The van der Waals surface area contributed by atoms with Crippen LogP contribution in [-0.4, -0.2) is 43.8 Å². The first-order valence-electron chi connectivity index (χ1n) is 11.3. The van der Waals surface area contributed by atoms with Crippen molar-refractivity contribution in [3.63, 3.8) is 0 Å². The molecule has 2 heterocycles. The number of nitrogens with zero attached hydrogens (tertiary/aromatic N) is 2. The number of fused-ring (bicyclic) bond motifs is 1.